The van der Waals surface area contributed by atoms with Crippen molar-refractivity contribution in [3.63, 3.8) is 0 Å². The van der Waals surface area contributed by atoms with Crippen molar-refractivity contribution in [1.82, 2.24) is 9.66 Å². The van der Waals surface area contributed by atoms with Crippen molar-refractivity contribution in [3.8, 4) is 5.75 Å². The van der Waals surface area contributed by atoms with Crippen molar-refractivity contribution in [2.75, 3.05) is 5.43 Å². The van der Waals surface area contributed by atoms with E-state index in [4.69, 9.17) is 0 Å². The third-order valence-corrected chi connectivity index (χ3v) is 3.02. The van der Waals surface area contributed by atoms with E-state index in [0.29, 0.717) is 11.0 Å². The lowest BCUT2D eigenvalue weighted by Crippen LogP contribution is -2.23. The van der Waals surface area contributed by atoms with Crippen molar-refractivity contribution < 1.29 is 18.3 Å². The molecule has 0 bridgehead atoms. The van der Waals surface area contributed by atoms with Gasteiger partial charge in [-0.15, -0.1) is 0 Å². The maximum absolute atomic E-state index is 12.4. The molecule has 0 atom stereocenters. The number of amides is 1. The van der Waals surface area contributed by atoms with Gasteiger partial charge in [-0.3, -0.25) is 10.2 Å². The Hall–Kier alpha value is -2.96. The molecule has 22 heavy (non-hydrogen) atoms. The van der Waals surface area contributed by atoms with Crippen LogP contribution in [0.5, 0.6) is 5.75 Å². The van der Waals surface area contributed by atoms with Gasteiger partial charge >= 0.3 is 6.61 Å². The molecule has 2 aromatic carbocycles. The van der Waals surface area contributed by atoms with Crippen LogP contribution in [0, 0.1) is 0 Å². The number of imidazole rings is 1. The predicted octanol–water partition coefficient (Wildman–Crippen LogP) is 3.02. The number of benzene rings is 2. The van der Waals surface area contributed by atoms with Crippen LogP contribution < -0.4 is 10.2 Å². The summed E-state index contributed by atoms with van der Waals surface area (Å²) in [6.07, 6.45) is 1.44. The number of carbonyl (C=O) groups excluding carboxylic acids is 1. The fourth-order valence-electron chi connectivity index (χ4n) is 2.07. The van der Waals surface area contributed by atoms with E-state index in [-0.39, 0.29) is 11.3 Å². The first-order valence-corrected chi connectivity index (χ1v) is 6.42. The Morgan fingerprint density at radius 1 is 1.14 bits per heavy atom. The van der Waals surface area contributed by atoms with E-state index in [1.54, 1.807) is 24.3 Å². The quantitative estimate of drug-likeness (QED) is 0.806. The maximum atomic E-state index is 12.4. The molecule has 0 aliphatic carbocycles. The van der Waals surface area contributed by atoms with E-state index in [1.165, 1.54) is 29.2 Å². The molecule has 0 spiro atoms. The van der Waals surface area contributed by atoms with Crippen molar-refractivity contribution in [2.45, 2.75) is 6.61 Å². The highest BCUT2D eigenvalue weighted by molar-refractivity contribution is 6.02. The van der Waals surface area contributed by atoms with Gasteiger partial charge in [-0.1, -0.05) is 24.3 Å². The van der Waals surface area contributed by atoms with E-state index in [1.807, 2.05) is 6.07 Å². The van der Waals surface area contributed by atoms with Crippen LogP contribution in [-0.2, 0) is 0 Å². The zero-order valence-electron chi connectivity index (χ0n) is 11.2. The van der Waals surface area contributed by atoms with Gasteiger partial charge in [-0.25, -0.2) is 9.66 Å². The SMILES string of the molecule is O=C(Nn1cnc2ccccc21)c1ccccc1OC(F)F. The zero-order valence-corrected chi connectivity index (χ0v) is 11.2. The molecule has 0 fully saturated rings. The number of ether oxygens (including phenoxy) is 1. The summed E-state index contributed by atoms with van der Waals surface area (Å²) in [6, 6.07) is 13.0. The smallest absolute Gasteiger partial charge is 0.387 e. The van der Waals surface area contributed by atoms with Gasteiger partial charge in [0, 0.05) is 0 Å². The highest BCUT2D eigenvalue weighted by Crippen LogP contribution is 2.20. The Kier molecular flexibility index (Phi) is 3.69. The van der Waals surface area contributed by atoms with Crippen LogP contribution in [0.3, 0.4) is 0 Å². The molecule has 7 heteroatoms. The normalized spacial score (nSPS) is 10.9. The number of alkyl halides is 2. The van der Waals surface area contributed by atoms with Crippen molar-refractivity contribution in [3.05, 3.63) is 60.4 Å². The first-order valence-electron chi connectivity index (χ1n) is 6.42. The van der Waals surface area contributed by atoms with Gasteiger partial charge in [-0.2, -0.15) is 8.78 Å². The Labute approximate surface area is 124 Å². The fourth-order valence-corrected chi connectivity index (χ4v) is 2.07. The first-order chi connectivity index (χ1) is 10.6. The molecule has 5 nitrogen and oxygen atoms in total. The third-order valence-electron chi connectivity index (χ3n) is 3.02. The number of para-hydroxylation sites is 3. The van der Waals surface area contributed by atoms with Gasteiger partial charge in [0.25, 0.3) is 5.91 Å². The van der Waals surface area contributed by atoms with Gasteiger partial charge in [0.1, 0.15) is 12.1 Å². The minimum absolute atomic E-state index is 0.0144. The second kappa shape index (κ2) is 5.80. The average Bonchev–Trinajstić information content (AvgIpc) is 2.90. The molecule has 3 aromatic rings. The van der Waals surface area contributed by atoms with Crippen molar-refractivity contribution in [2.24, 2.45) is 0 Å². The van der Waals surface area contributed by atoms with Crippen molar-refractivity contribution in [1.29, 1.82) is 0 Å². The molecule has 3 rings (SSSR count). The molecular formula is C15H11F2N3O2. The summed E-state index contributed by atoms with van der Waals surface area (Å²) in [5.41, 5.74) is 4.01. The molecule has 0 saturated carbocycles. The molecule has 1 N–H and O–H groups in total. The molecule has 0 radical (unpaired) electrons. The Balaban J connectivity index is 1.89. The Morgan fingerprint density at radius 3 is 2.68 bits per heavy atom. The number of rotatable bonds is 4. The van der Waals surface area contributed by atoms with Crippen molar-refractivity contribution >= 4 is 16.9 Å². The van der Waals surface area contributed by atoms with E-state index in [0.717, 1.165) is 0 Å². The van der Waals surface area contributed by atoms with Crippen LogP contribution >= 0.6 is 0 Å². The fraction of sp³-hybridized carbons (Fsp3) is 0.0667. The Morgan fingerprint density at radius 2 is 1.86 bits per heavy atom. The molecule has 0 unspecified atom stereocenters. The number of nitrogens with zero attached hydrogens (tertiary/aromatic N) is 2. The minimum Gasteiger partial charge on any atom is -0.434 e. The highest BCUT2D eigenvalue weighted by atomic mass is 19.3. The molecule has 0 aliphatic heterocycles. The zero-order chi connectivity index (χ0) is 15.5. The van der Waals surface area contributed by atoms with Crippen LogP contribution in [0.15, 0.2) is 54.9 Å². The van der Waals surface area contributed by atoms with Crippen LogP contribution in [0.2, 0.25) is 0 Å². The summed E-state index contributed by atoms with van der Waals surface area (Å²) >= 11 is 0. The summed E-state index contributed by atoms with van der Waals surface area (Å²) in [6.45, 7) is -3.00. The Bertz CT molecular complexity index is 817. The van der Waals surface area contributed by atoms with Crippen LogP contribution in [-0.4, -0.2) is 22.2 Å². The molecule has 1 amide bonds. The second-order valence-corrected chi connectivity index (χ2v) is 4.42. The average molecular weight is 303 g/mol. The lowest BCUT2D eigenvalue weighted by molar-refractivity contribution is -0.0501. The number of hydrogen-bond acceptors (Lipinski definition) is 3. The lowest BCUT2D eigenvalue weighted by Gasteiger charge is -2.11. The molecule has 1 aromatic heterocycles. The predicted molar refractivity (Wildman–Crippen MR) is 76.5 cm³/mol. The number of halogens is 2. The van der Waals surface area contributed by atoms with E-state index in [9.17, 15) is 13.6 Å². The third kappa shape index (κ3) is 2.73. The van der Waals surface area contributed by atoms with Gasteiger partial charge in [0.15, 0.2) is 0 Å². The number of aromatic nitrogens is 2. The van der Waals surface area contributed by atoms with Gasteiger partial charge in [-0.05, 0) is 24.3 Å². The van der Waals surface area contributed by atoms with E-state index in [2.05, 4.69) is 15.1 Å². The maximum Gasteiger partial charge on any atom is 0.387 e. The lowest BCUT2D eigenvalue weighted by atomic mass is 10.2. The summed E-state index contributed by atoms with van der Waals surface area (Å²) in [7, 11) is 0. The van der Waals surface area contributed by atoms with E-state index < -0.39 is 12.5 Å². The summed E-state index contributed by atoms with van der Waals surface area (Å²) in [5, 5.41) is 0. The van der Waals surface area contributed by atoms with Gasteiger partial charge in [0.2, 0.25) is 0 Å². The summed E-state index contributed by atoms with van der Waals surface area (Å²) in [5.74, 6) is -0.751. The minimum atomic E-state index is -3.00. The van der Waals surface area contributed by atoms with Gasteiger partial charge in [0.05, 0.1) is 16.6 Å². The van der Waals surface area contributed by atoms with Crippen LogP contribution in [0.4, 0.5) is 8.78 Å². The molecule has 112 valence electrons. The first kappa shape index (κ1) is 14.0. The summed E-state index contributed by atoms with van der Waals surface area (Å²) < 4.78 is 30.5. The van der Waals surface area contributed by atoms with E-state index >= 15 is 0 Å². The molecule has 0 aliphatic rings. The topological polar surface area (TPSA) is 56.2 Å². The molecular weight excluding hydrogens is 292 g/mol. The monoisotopic (exact) mass is 303 g/mol. The summed E-state index contributed by atoms with van der Waals surface area (Å²) in [4.78, 5) is 16.4. The standard InChI is InChI=1S/C15H11F2N3O2/c16-15(17)22-13-8-4-1-5-10(13)14(21)19-20-9-18-11-6-2-3-7-12(11)20/h1-9,15H,(H,19,21). The number of nitrogens with one attached hydrogen (secondary N) is 1. The highest BCUT2D eigenvalue weighted by Gasteiger charge is 2.16. The second-order valence-electron chi connectivity index (χ2n) is 4.42. The molecule has 0 saturated heterocycles. The number of fused-ring (bicyclic) bond motifs is 1. The molecule has 1 heterocycles. The number of hydrogen-bond donors (Lipinski definition) is 1. The number of carbonyl (C=O) groups is 1. The van der Waals surface area contributed by atoms with Crippen LogP contribution in [0.25, 0.3) is 11.0 Å². The van der Waals surface area contributed by atoms with Gasteiger partial charge < -0.3 is 4.74 Å². The van der Waals surface area contributed by atoms with Crippen LogP contribution in [0.1, 0.15) is 10.4 Å². The largest absolute Gasteiger partial charge is 0.434 e.